The van der Waals surface area contributed by atoms with Gasteiger partial charge in [-0.15, -0.1) is 11.3 Å². The van der Waals surface area contributed by atoms with Gasteiger partial charge in [0.2, 0.25) is 0 Å². The van der Waals surface area contributed by atoms with Gasteiger partial charge in [-0.1, -0.05) is 27.7 Å². The Labute approximate surface area is 130 Å². The highest BCUT2D eigenvalue weighted by Gasteiger charge is 2.26. The van der Waals surface area contributed by atoms with E-state index in [0.29, 0.717) is 17.9 Å². The molecule has 0 saturated carbocycles. The molecule has 1 rings (SSSR count). The summed E-state index contributed by atoms with van der Waals surface area (Å²) in [4.78, 5) is 3.92. The van der Waals surface area contributed by atoms with Crippen LogP contribution in [0.15, 0.2) is 15.9 Å². The molecule has 0 radical (unpaired) electrons. The first-order valence-electron chi connectivity index (χ1n) is 7.04. The fraction of sp³-hybridized carbons (Fsp3) is 0.733. The normalized spacial score (nSPS) is 15.5. The summed E-state index contributed by atoms with van der Waals surface area (Å²) in [6.07, 6.45) is 0. The number of halogens is 1. The first kappa shape index (κ1) is 17.2. The molecule has 2 nitrogen and oxygen atoms in total. The molecule has 0 aromatic carbocycles. The van der Waals surface area contributed by atoms with E-state index in [1.807, 2.05) is 0 Å². The van der Waals surface area contributed by atoms with E-state index in [2.05, 4.69) is 66.9 Å². The quantitative estimate of drug-likeness (QED) is 0.786. The highest BCUT2D eigenvalue weighted by atomic mass is 79.9. The lowest BCUT2D eigenvalue weighted by atomic mass is 10.0. The van der Waals surface area contributed by atoms with E-state index in [4.69, 9.17) is 5.73 Å². The van der Waals surface area contributed by atoms with Crippen molar-refractivity contribution in [1.82, 2.24) is 4.90 Å². The zero-order chi connectivity index (χ0) is 14.6. The van der Waals surface area contributed by atoms with Gasteiger partial charge in [-0.2, -0.15) is 0 Å². The predicted octanol–water partition coefficient (Wildman–Crippen LogP) is 4.51. The van der Waals surface area contributed by atoms with E-state index >= 15 is 0 Å². The van der Waals surface area contributed by atoms with Gasteiger partial charge >= 0.3 is 0 Å². The Hall–Kier alpha value is 0.1000. The van der Waals surface area contributed by atoms with Gasteiger partial charge in [0.15, 0.2) is 0 Å². The summed E-state index contributed by atoms with van der Waals surface area (Å²) in [5.41, 5.74) is 6.28. The maximum Gasteiger partial charge on any atom is 0.0591 e. The summed E-state index contributed by atoms with van der Waals surface area (Å²) in [5.74, 6) is 1.31. The second-order valence-electron chi connectivity index (χ2n) is 6.21. The Kier molecular flexibility index (Phi) is 7.01. The van der Waals surface area contributed by atoms with Gasteiger partial charge in [0, 0.05) is 33.9 Å². The van der Waals surface area contributed by atoms with Crippen LogP contribution in [0, 0.1) is 11.8 Å². The number of thiophene rings is 1. The second kappa shape index (κ2) is 7.77. The van der Waals surface area contributed by atoms with Crippen molar-refractivity contribution in [2.24, 2.45) is 17.6 Å². The molecule has 0 bridgehead atoms. The van der Waals surface area contributed by atoms with Gasteiger partial charge in [0.25, 0.3) is 0 Å². The number of hydrogen-bond donors (Lipinski definition) is 1. The van der Waals surface area contributed by atoms with Crippen LogP contribution in [0.4, 0.5) is 0 Å². The van der Waals surface area contributed by atoms with Crippen LogP contribution in [0.5, 0.6) is 0 Å². The lowest BCUT2D eigenvalue weighted by Gasteiger charge is -2.36. The monoisotopic (exact) mass is 346 g/mol. The summed E-state index contributed by atoms with van der Waals surface area (Å²) < 4.78 is 1.16. The third-order valence-electron chi connectivity index (χ3n) is 2.97. The third-order valence-corrected chi connectivity index (χ3v) is 4.73. The molecule has 0 aliphatic heterocycles. The molecule has 0 fully saturated rings. The van der Waals surface area contributed by atoms with Crippen LogP contribution in [0.2, 0.25) is 0 Å². The molecule has 1 aromatic rings. The molecule has 2 unspecified atom stereocenters. The van der Waals surface area contributed by atoms with Crippen LogP contribution in [0.1, 0.15) is 45.5 Å². The van der Waals surface area contributed by atoms with E-state index < -0.39 is 0 Å². The highest BCUT2D eigenvalue weighted by molar-refractivity contribution is 9.10. The van der Waals surface area contributed by atoms with Crippen LogP contribution in [0.3, 0.4) is 0 Å². The van der Waals surface area contributed by atoms with Crippen molar-refractivity contribution in [2.45, 2.75) is 46.7 Å². The van der Waals surface area contributed by atoms with E-state index in [1.54, 1.807) is 11.3 Å². The maximum atomic E-state index is 6.28. The summed E-state index contributed by atoms with van der Waals surface area (Å²) in [7, 11) is 0. The van der Waals surface area contributed by atoms with Crippen molar-refractivity contribution in [3.8, 4) is 0 Å². The maximum absolute atomic E-state index is 6.28. The zero-order valence-electron chi connectivity index (χ0n) is 12.7. The molecule has 2 N–H and O–H groups in total. The molecule has 2 atom stereocenters. The molecular formula is C15H27BrN2S. The minimum atomic E-state index is 0.142. The van der Waals surface area contributed by atoms with Crippen molar-refractivity contribution in [2.75, 3.05) is 13.1 Å². The van der Waals surface area contributed by atoms with Gasteiger partial charge < -0.3 is 5.73 Å². The smallest absolute Gasteiger partial charge is 0.0591 e. The first-order chi connectivity index (χ1) is 8.81. The lowest BCUT2D eigenvalue weighted by Crippen LogP contribution is -2.42. The average Bonchev–Trinajstić information content (AvgIpc) is 2.62. The van der Waals surface area contributed by atoms with Gasteiger partial charge in [-0.05, 0) is 40.8 Å². The van der Waals surface area contributed by atoms with Gasteiger partial charge in [0.05, 0.1) is 6.04 Å². The predicted molar refractivity (Wildman–Crippen MR) is 89.7 cm³/mol. The summed E-state index contributed by atoms with van der Waals surface area (Å²) >= 11 is 5.35. The molecule has 0 aliphatic carbocycles. The molecule has 0 aliphatic rings. The molecular weight excluding hydrogens is 320 g/mol. The van der Waals surface area contributed by atoms with Crippen molar-refractivity contribution in [3.63, 3.8) is 0 Å². The Bertz CT molecular complexity index is 364. The molecule has 1 aromatic heterocycles. The highest BCUT2D eigenvalue weighted by Crippen LogP contribution is 2.32. The first-order valence-corrected chi connectivity index (χ1v) is 8.72. The molecule has 4 heteroatoms. The Morgan fingerprint density at radius 1 is 1.16 bits per heavy atom. The van der Waals surface area contributed by atoms with Gasteiger partial charge in [-0.3, -0.25) is 4.90 Å². The SMILES string of the molecule is CC(C)CN(CC(C)C)C(c1cc(Br)cs1)C(C)N. The topological polar surface area (TPSA) is 29.3 Å². The number of nitrogens with zero attached hydrogens (tertiary/aromatic N) is 1. The average molecular weight is 347 g/mol. The molecule has 0 amide bonds. The molecule has 110 valence electrons. The van der Waals surface area contributed by atoms with Crippen molar-refractivity contribution in [1.29, 1.82) is 0 Å². The fourth-order valence-electron chi connectivity index (χ4n) is 2.49. The van der Waals surface area contributed by atoms with Crippen LogP contribution < -0.4 is 5.73 Å². The van der Waals surface area contributed by atoms with Gasteiger partial charge in [-0.25, -0.2) is 0 Å². The Morgan fingerprint density at radius 2 is 1.68 bits per heavy atom. The second-order valence-corrected chi connectivity index (χ2v) is 8.07. The summed E-state index contributed by atoms with van der Waals surface area (Å²) in [5, 5.41) is 2.15. The van der Waals surface area contributed by atoms with E-state index in [1.165, 1.54) is 4.88 Å². The standard InChI is InChI=1S/C15H27BrN2S/c1-10(2)7-18(8-11(3)4)15(12(5)17)14-6-13(16)9-19-14/h6,9-12,15H,7-8,17H2,1-5H3. The third kappa shape index (κ3) is 5.54. The molecule has 19 heavy (non-hydrogen) atoms. The largest absolute Gasteiger partial charge is 0.326 e. The number of rotatable bonds is 7. The molecule has 1 heterocycles. The van der Waals surface area contributed by atoms with Crippen LogP contribution in [-0.2, 0) is 0 Å². The minimum absolute atomic E-state index is 0.142. The van der Waals surface area contributed by atoms with E-state index in [9.17, 15) is 0 Å². The number of hydrogen-bond acceptors (Lipinski definition) is 3. The van der Waals surface area contributed by atoms with E-state index in [0.717, 1.165) is 17.6 Å². The number of nitrogens with two attached hydrogens (primary N) is 1. The van der Waals surface area contributed by atoms with Crippen LogP contribution >= 0.6 is 27.3 Å². The Balaban J connectivity index is 2.97. The summed E-state index contributed by atoms with van der Waals surface area (Å²) in [6, 6.07) is 2.68. The molecule has 0 saturated heterocycles. The zero-order valence-corrected chi connectivity index (χ0v) is 15.1. The lowest BCUT2D eigenvalue weighted by molar-refractivity contribution is 0.142. The minimum Gasteiger partial charge on any atom is -0.326 e. The van der Waals surface area contributed by atoms with Crippen molar-refractivity contribution < 1.29 is 0 Å². The summed E-state index contributed by atoms with van der Waals surface area (Å²) in [6.45, 7) is 13.4. The van der Waals surface area contributed by atoms with Crippen molar-refractivity contribution in [3.05, 3.63) is 20.8 Å². The van der Waals surface area contributed by atoms with Gasteiger partial charge in [0.1, 0.15) is 0 Å². The van der Waals surface area contributed by atoms with Crippen LogP contribution in [0.25, 0.3) is 0 Å². The van der Waals surface area contributed by atoms with Crippen molar-refractivity contribution >= 4 is 27.3 Å². The Morgan fingerprint density at radius 3 is 2.00 bits per heavy atom. The van der Waals surface area contributed by atoms with E-state index in [-0.39, 0.29) is 6.04 Å². The fourth-order valence-corrected chi connectivity index (χ4v) is 4.19. The molecule has 0 spiro atoms. The van der Waals surface area contributed by atoms with Crippen LogP contribution in [-0.4, -0.2) is 24.0 Å².